The first-order chi connectivity index (χ1) is 8.74. The average Bonchev–Trinajstić information content (AvgIpc) is 3.23. The van der Waals surface area contributed by atoms with Crippen molar-refractivity contribution in [2.45, 2.75) is 38.3 Å². The second-order valence-electron chi connectivity index (χ2n) is 5.34. The summed E-state index contributed by atoms with van der Waals surface area (Å²) in [5.74, 6) is 0.568. The number of hydrogen-bond acceptors (Lipinski definition) is 3. The first-order valence-electron chi connectivity index (χ1n) is 6.44. The summed E-state index contributed by atoms with van der Waals surface area (Å²) in [6.45, 7) is 0.642. The third-order valence-corrected chi connectivity index (χ3v) is 3.74. The summed E-state index contributed by atoms with van der Waals surface area (Å²) >= 11 is 0. The van der Waals surface area contributed by atoms with Crippen LogP contribution in [-0.4, -0.2) is 18.7 Å². The van der Waals surface area contributed by atoms with Gasteiger partial charge in [-0.1, -0.05) is 0 Å². The minimum atomic E-state index is -0.197. The van der Waals surface area contributed by atoms with E-state index in [1.807, 2.05) is 0 Å². The normalized spacial score (nSPS) is 19.6. The van der Waals surface area contributed by atoms with Gasteiger partial charge in [0.15, 0.2) is 0 Å². The summed E-state index contributed by atoms with van der Waals surface area (Å²) in [4.78, 5) is 24.3. The van der Waals surface area contributed by atoms with E-state index in [0.29, 0.717) is 18.5 Å². The number of rotatable bonds is 3. The molecule has 0 aliphatic heterocycles. The lowest BCUT2D eigenvalue weighted by Gasteiger charge is -2.01. The van der Waals surface area contributed by atoms with Crippen molar-refractivity contribution in [2.24, 2.45) is 5.92 Å². The van der Waals surface area contributed by atoms with E-state index in [4.69, 9.17) is 0 Å². The van der Waals surface area contributed by atoms with Gasteiger partial charge in [0.2, 0.25) is 5.65 Å². The molecule has 2 aliphatic rings. The highest BCUT2D eigenvalue weighted by Gasteiger charge is 2.27. The minimum absolute atomic E-state index is 0.147. The Balaban J connectivity index is 1.90. The van der Waals surface area contributed by atoms with Crippen LogP contribution >= 0.6 is 0 Å². The molecule has 2 aromatic rings. The molecule has 0 saturated heterocycles. The van der Waals surface area contributed by atoms with Gasteiger partial charge in [0.25, 0.3) is 5.56 Å². The second-order valence-corrected chi connectivity index (χ2v) is 5.34. The van der Waals surface area contributed by atoms with Crippen molar-refractivity contribution in [2.75, 3.05) is 0 Å². The van der Waals surface area contributed by atoms with E-state index in [2.05, 4.69) is 5.10 Å². The van der Waals surface area contributed by atoms with Crippen LogP contribution in [0.15, 0.2) is 22.0 Å². The van der Waals surface area contributed by atoms with Crippen molar-refractivity contribution in [3.63, 3.8) is 0 Å². The van der Waals surface area contributed by atoms with Gasteiger partial charge in [0.05, 0.1) is 0 Å². The monoisotopic (exact) mass is 246 g/mol. The topological polar surface area (TPSA) is 61.3 Å². The van der Waals surface area contributed by atoms with E-state index in [1.54, 1.807) is 17.0 Å². The molecule has 2 fully saturated rings. The van der Waals surface area contributed by atoms with Crippen LogP contribution in [0.1, 0.15) is 31.7 Å². The van der Waals surface area contributed by atoms with Crippen molar-refractivity contribution < 1.29 is 0 Å². The zero-order valence-electron chi connectivity index (χ0n) is 9.95. The van der Waals surface area contributed by atoms with Crippen molar-refractivity contribution in [3.05, 3.63) is 33.2 Å². The fourth-order valence-electron chi connectivity index (χ4n) is 2.33. The van der Waals surface area contributed by atoms with Gasteiger partial charge in [-0.2, -0.15) is 0 Å². The molecule has 0 amide bonds. The van der Waals surface area contributed by atoms with Crippen molar-refractivity contribution in [3.8, 4) is 0 Å². The maximum atomic E-state index is 12.2. The van der Waals surface area contributed by atoms with E-state index in [9.17, 15) is 9.59 Å². The van der Waals surface area contributed by atoms with Crippen LogP contribution < -0.4 is 11.2 Å². The maximum Gasteiger partial charge on any atom is 0.350 e. The van der Waals surface area contributed by atoms with E-state index < -0.39 is 0 Å². The van der Waals surface area contributed by atoms with Crippen LogP contribution in [-0.2, 0) is 6.54 Å². The van der Waals surface area contributed by atoms with Gasteiger partial charge in [0.1, 0.15) is 0 Å². The minimum Gasteiger partial charge on any atom is -0.308 e. The molecule has 4 rings (SSSR count). The lowest BCUT2D eigenvalue weighted by molar-refractivity contribution is 0.545. The van der Waals surface area contributed by atoms with Crippen LogP contribution in [0.3, 0.4) is 0 Å². The van der Waals surface area contributed by atoms with Gasteiger partial charge in [0, 0.05) is 25.0 Å². The Morgan fingerprint density at radius 3 is 2.61 bits per heavy atom. The molecule has 6 heteroatoms. The summed E-state index contributed by atoms with van der Waals surface area (Å²) in [5, 5.41) is 4.20. The zero-order valence-corrected chi connectivity index (χ0v) is 9.95. The molecular formula is C12H14N4O2. The third kappa shape index (κ3) is 1.45. The number of fused-ring (bicyclic) bond motifs is 1. The third-order valence-electron chi connectivity index (χ3n) is 3.74. The van der Waals surface area contributed by atoms with Crippen LogP contribution in [0.25, 0.3) is 5.65 Å². The van der Waals surface area contributed by atoms with Crippen molar-refractivity contribution in [1.82, 2.24) is 18.7 Å². The number of hydrogen-bond donors (Lipinski definition) is 0. The van der Waals surface area contributed by atoms with Crippen LogP contribution in [0.5, 0.6) is 0 Å². The summed E-state index contributed by atoms with van der Waals surface area (Å²) < 4.78 is 4.50. The molecule has 0 N–H and O–H groups in total. The number of nitrogens with zero attached hydrogens (tertiary/aromatic N) is 4. The maximum absolute atomic E-state index is 12.2. The van der Waals surface area contributed by atoms with Gasteiger partial charge < -0.3 is 4.57 Å². The predicted molar refractivity (Wildman–Crippen MR) is 64.7 cm³/mol. The molecule has 0 unspecified atom stereocenters. The Labute approximate surface area is 102 Å². The Morgan fingerprint density at radius 1 is 1.17 bits per heavy atom. The van der Waals surface area contributed by atoms with Gasteiger partial charge in [-0.15, -0.1) is 5.10 Å². The van der Waals surface area contributed by atoms with Crippen molar-refractivity contribution >= 4 is 5.65 Å². The zero-order chi connectivity index (χ0) is 12.3. The lowest BCUT2D eigenvalue weighted by atomic mass is 10.4. The van der Waals surface area contributed by atoms with Gasteiger partial charge in [-0.3, -0.25) is 4.79 Å². The predicted octanol–water partition coefficient (Wildman–Crippen LogP) is 0.403. The summed E-state index contributed by atoms with van der Waals surface area (Å²) in [6.07, 6.45) is 7.77. The van der Waals surface area contributed by atoms with Gasteiger partial charge in [-0.05, 0) is 31.6 Å². The van der Waals surface area contributed by atoms with E-state index in [0.717, 1.165) is 25.7 Å². The van der Waals surface area contributed by atoms with E-state index in [1.165, 1.54) is 9.08 Å². The largest absolute Gasteiger partial charge is 0.350 e. The molecule has 0 spiro atoms. The molecule has 2 aromatic heterocycles. The molecule has 2 saturated carbocycles. The van der Waals surface area contributed by atoms with Gasteiger partial charge in [-0.25, -0.2) is 13.9 Å². The molecule has 18 heavy (non-hydrogen) atoms. The Bertz CT molecular complexity index is 731. The quantitative estimate of drug-likeness (QED) is 0.787. The van der Waals surface area contributed by atoms with Crippen LogP contribution in [0.4, 0.5) is 0 Å². The van der Waals surface area contributed by atoms with Crippen molar-refractivity contribution in [1.29, 1.82) is 0 Å². The number of aromatic nitrogens is 4. The molecule has 0 bridgehead atoms. The standard InChI is InChI=1S/C12H14N4O2/c17-11-10-13-16(7-8-1-2-8)12(18)15(10)6-5-14(11)9-3-4-9/h5-6,8-9H,1-4,7H2. The fraction of sp³-hybridized carbons (Fsp3) is 0.583. The molecule has 2 heterocycles. The smallest absolute Gasteiger partial charge is 0.308 e. The summed E-state index contributed by atoms with van der Waals surface area (Å²) in [5.41, 5.74) is -0.0846. The molecule has 0 radical (unpaired) electrons. The first kappa shape index (κ1) is 10.1. The van der Waals surface area contributed by atoms with Crippen LogP contribution in [0, 0.1) is 5.92 Å². The molecular weight excluding hydrogens is 232 g/mol. The fourth-order valence-corrected chi connectivity index (χ4v) is 2.33. The average molecular weight is 246 g/mol. The molecule has 0 aromatic carbocycles. The molecule has 0 atom stereocenters. The Morgan fingerprint density at radius 2 is 1.94 bits per heavy atom. The van der Waals surface area contributed by atoms with Gasteiger partial charge >= 0.3 is 5.69 Å². The Hall–Kier alpha value is -1.85. The highest BCUT2D eigenvalue weighted by Crippen LogP contribution is 2.33. The first-order valence-corrected chi connectivity index (χ1v) is 6.44. The summed E-state index contributed by atoms with van der Waals surface area (Å²) in [6, 6.07) is 0.311. The molecule has 6 nitrogen and oxygen atoms in total. The van der Waals surface area contributed by atoms with E-state index >= 15 is 0 Å². The molecule has 2 aliphatic carbocycles. The van der Waals surface area contributed by atoms with Crippen LogP contribution in [0.2, 0.25) is 0 Å². The molecule has 94 valence electrons. The summed E-state index contributed by atoms with van der Waals surface area (Å²) in [7, 11) is 0. The lowest BCUT2D eigenvalue weighted by Crippen LogP contribution is -2.24. The highest BCUT2D eigenvalue weighted by atomic mass is 16.2. The SMILES string of the molecule is O=c1c2nn(CC3CC3)c(=O)n2ccn1C1CC1. The Kier molecular flexibility index (Phi) is 1.87. The second kappa shape index (κ2) is 3.34. The highest BCUT2D eigenvalue weighted by molar-refractivity contribution is 5.33. The van der Waals surface area contributed by atoms with E-state index in [-0.39, 0.29) is 16.9 Å².